The van der Waals surface area contributed by atoms with Gasteiger partial charge in [-0.1, -0.05) is 31.9 Å². The standard InChI is InChI=1S/C21H23FN4O3S/c1-13-5-2-3-8-21(13)18(28)26(20(29)25-21)12-17(27)24-19-23-11-16(30-19)10-14-6-4-7-15(22)9-14/h4,6-7,9,11,13H,2-3,5,8,10,12H2,1H3,(H,25,29)(H,23,24,27). The minimum atomic E-state index is -0.880. The molecule has 0 radical (unpaired) electrons. The molecular weight excluding hydrogens is 407 g/mol. The monoisotopic (exact) mass is 430 g/mol. The van der Waals surface area contributed by atoms with Crippen molar-refractivity contribution in [2.24, 2.45) is 5.92 Å². The fraction of sp³-hybridized carbons (Fsp3) is 0.429. The Morgan fingerprint density at radius 1 is 1.40 bits per heavy atom. The van der Waals surface area contributed by atoms with Gasteiger partial charge in [-0.25, -0.2) is 14.2 Å². The fourth-order valence-corrected chi connectivity index (χ4v) is 5.10. The number of rotatable bonds is 5. The largest absolute Gasteiger partial charge is 0.325 e. The molecule has 2 atom stereocenters. The maximum atomic E-state index is 13.3. The number of nitrogens with one attached hydrogen (secondary N) is 2. The van der Waals surface area contributed by atoms with Crippen molar-refractivity contribution in [3.05, 3.63) is 46.7 Å². The van der Waals surface area contributed by atoms with Crippen LogP contribution in [0.15, 0.2) is 30.5 Å². The number of hydrogen-bond acceptors (Lipinski definition) is 5. The molecule has 2 heterocycles. The zero-order valence-corrected chi connectivity index (χ0v) is 17.4. The van der Waals surface area contributed by atoms with E-state index < -0.39 is 17.5 Å². The molecule has 1 saturated heterocycles. The van der Waals surface area contributed by atoms with E-state index in [9.17, 15) is 18.8 Å². The van der Waals surface area contributed by atoms with Crippen LogP contribution in [0.1, 0.15) is 43.0 Å². The summed E-state index contributed by atoms with van der Waals surface area (Å²) < 4.78 is 13.3. The lowest BCUT2D eigenvalue weighted by Crippen LogP contribution is -2.54. The number of aromatic nitrogens is 1. The van der Waals surface area contributed by atoms with Crippen molar-refractivity contribution >= 4 is 34.3 Å². The molecule has 2 unspecified atom stereocenters. The van der Waals surface area contributed by atoms with Gasteiger partial charge in [-0.05, 0) is 36.5 Å². The molecule has 1 aromatic carbocycles. The molecule has 1 aliphatic heterocycles. The van der Waals surface area contributed by atoms with Crippen LogP contribution >= 0.6 is 11.3 Å². The molecule has 4 rings (SSSR count). The van der Waals surface area contributed by atoms with E-state index in [2.05, 4.69) is 15.6 Å². The lowest BCUT2D eigenvalue weighted by molar-refractivity contribution is -0.136. The van der Waals surface area contributed by atoms with Crippen LogP contribution in [0.3, 0.4) is 0 Å². The second kappa shape index (κ2) is 8.14. The summed E-state index contributed by atoms with van der Waals surface area (Å²) in [5.74, 6) is -1.06. The molecule has 30 heavy (non-hydrogen) atoms. The Morgan fingerprint density at radius 2 is 2.23 bits per heavy atom. The van der Waals surface area contributed by atoms with Gasteiger partial charge >= 0.3 is 6.03 Å². The summed E-state index contributed by atoms with van der Waals surface area (Å²) in [6.45, 7) is 1.62. The number of carbonyl (C=O) groups is 3. The van der Waals surface area contributed by atoms with Crippen molar-refractivity contribution in [1.82, 2.24) is 15.2 Å². The maximum Gasteiger partial charge on any atom is 0.325 e. The first-order valence-electron chi connectivity index (χ1n) is 10.0. The third kappa shape index (κ3) is 3.94. The highest BCUT2D eigenvalue weighted by Crippen LogP contribution is 2.38. The van der Waals surface area contributed by atoms with Crippen LogP contribution in [0, 0.1) is 11.7 Å². The van der Waals surface area contributed by atoms with E-state index in [0.717, 1.165) is 34.6 Å². The predicted molar refractivity (Wildman–Crippen MR) is 111 cm³/mol. The summed E-state index contributed by atoms with van der Waals surface area (Å²) in [4.78, 5) is 43.8. The molecule has 1 aromatic heterocycles. The summed E-state index contributed by atoms with van der Waals surface area (Å²) >= 11 is 1.27. The third-order valence-electron chi connectivity index (χ3n) is 5.87. The van der Waals surface area contributed by atoms with Crippen molar-refractivity contribution < 1.29 is 18.8 Å². The minimum Gasteiger partial charge on any atom is -0.323 e. The van der Waals surface area contributed by atoms with Crippen LogP contribution in [0.5, 0.6) is 0 Å². The zero-order valence-electron chi connectivity index (χ0n) is 16.6. The summed E-state index contributed by atoms with van der Waals surface area (Å²) in [7, 11) is 0. The molecule has 2 N–H and O–H groups in total. The van der Waals surface area contributed by atoms with E-state index in [1.807, 2.05) is 13.0 Å². The Morgan fingerprint density at radius 3 is 3.00 bits per heavy atom. The second-order valence-corrected chi connectivity index (χ2v) is 9.04. The Kier molecular flexibility index (Phi) is 5.55. The van der Waals surface area contributed by atoms with Crippen molar-refractivity contribution in [2.45, 2.75) is 44.6 Å². The van der Waals surface area contributed by atoms with E-state index in [1.165, 1.54) is 23.5 Å². The van der Waals surface area contributed by atoms with Crippen LogP contribution < -0.4 is 10.6 Å². The smallest absolute Gasteiger partial charge is 0.323 e. The van der Waals surface area contributed by atoms with E-state index in [1.54, 1.807) is 12.3 Å². The number of thiazole rings is 1. The van der Waals surface area contributed by atoms with Crippen LogP contribution in [0.4, 0.5) is 14.3 Å². The van der Waals surface area contributed by atoms with Gasteiger partial charge in [0.15, 0.2) is 5.13 Å². The Balaban J connectivity index is 1.37. The summed E-state index contributed by atoms with van der Waals surface area (Å²) in [5, 5.41) is 5.86. The number of urea groups is 1. The van der Waals surface area contributed by atoms with Crippen LogP contribution in [-0.2, 0) is 16.0 Å². The minimum absolute atomic E-state index is 0.0418. The summed E-state index contributed by atoms with van der Waals surface area (Å²) in [6, 6.07) is 5.79. The highest BCUT2D eigenvalue weighted by atomic mass is 32.1. The molecule has 7 nitrogen and oxygen atoms in total. The molecule has 0 bridgehead atoms. The van der Waals surface area contributed by atoms with Crippen molar-refractivity contribution in [1.29, 1.82) is 0 Å². The van der Waals surface area contributed by atoms with Crippen LogP contribution in [-0.4, -0.2) is 39.8 Å². The Hall–Kier alpha value is -2.81. The first-order chi connectivity index (χ1) is 14.4. The molecule has 4 amide bonds. The van der Waals surface area contributed by atoms with Crippen molar-refractivity contribution in [2.75, 3.05) is 11.9 Å². The summed E-state index contributed by atoms with van der Waals surface area (Å²) in [5.41, 5.74) is -0.0719. The highest BCUT2D eigenvalue weighted by molar-refractivity contribution is 7.15. The number of nitrogens with zero attached hydrogens (tertiary/aromatic N) is 2. The van der Waals surface area contributed by atoms with Crippen LogP contribution in [0.2, 0.25) is 0 Å². The number of anilines is 1. The average molecular weight is 431 g/mol. The normalized spacial score (nSPS) is 23.7. The highest BCUT2D eigenvalue weighted by Gasteiger charge is 2.55. The fourth-order valence-electron chi connectivity index (χ4n) is 4.24. The first-order valence-corrected chi connectivity index (χ1v) is 10.8. The number of hydrogen-bond donors (Lipinski definition) is 2. The topological polar surface area (TPSA) is 91.4 Å². The van der Waals surface area contributed by atoms with Crippen molar-refractivity contribution in [3.63, 3.8) is 0 Å². The van der Waals surface area contributed by atoms with Gasteiger partial charge in [0.05, 0.1) is 0 Å². The van der Waals surface area contributed by atoms with E-state index >= 15 is 0 Å². The average Bonchev–Trinajstić information content (AvgIpc) is 3.22. The van der Waals surface area contributed by atoms with Gasteiger partial charge in [0.1, 0.15) is 17.9 Å². The predicted octanol–water partition coefficient (Wildman–Crippen LogP) is 3.31. The van der Waals surface area contributed by atoms with Gasteiger partial charge in [0.2, 0.25) is 5.91 Å². The second-order valence-electron chi connectivity index (χ2n) is 7.93. The number of halogens is 1. The molecule has 158 valence electrons. The lowest BCUT2D eigenvalue weighted by atomic mass is 9.73. The van der Waals surface area contributed by atoms with Crippen molar-refractivity contribution in [3.8, 4) is 0 Å². The molecule has 1 saturated carbocycles. The van der Waals surface area contributed by atoms with E-state index in [-0.39, 0.29) is 24.2 Å². The number of carbonyl (C=O) groups excluding carboxylic acids is 3. The van der Waals surface area contributed by atoms with Gasteiger partial charge in [0.25, 0.3) is 5.91 Å². The lowest BCUT2D eigenvalue weighted by Gasteiger charge is -2.36. The van der Waals surface area contributed by atoms with E-state index in [0.29, 0.717) is 18.0 Å². The number of benzene rings is 1. The van der Waals surface area contributed by atoms with Gasteiger partial charge in [-0.15, -0.1) is 11.3 Å². The maximum absolute atomic E-state index is 13.3. The van der Waals surface area contributed by atoms with Gasteiger partial charge < -0.3 is 10.6 Å². The molecule has 9 heteroatoms. The molecule has 2 aliphatic rings. The SMILES string of the molecule is CC1CCCCC12NC(=O)N(CC(=O)Nc1ncc(Cc3cccc(F)c3)s1)C2=O. The van der Waals surface area contributed by atoms with Crippen LogP contribution in [0.25, 0.3) is 0 Å². The van der Waals surface area contributed by atoms with E-state index in [4.69, 9.17) is 0 Å². The van der Waals surface area contributed by atoms with Gasteiger partial charge in [-0.2, -0.15) is 0 Å². The Labute approximate surface area is 177 Å². The third-order valence-corrected chi connectivity index (χ3v) is 6.78. The molecular formula is C21H23FN4O3S. The number of imide groups is 1. The molecule has 1 aliphatic carbocycles. The Bertz CT molecular complexity index is 994. The molecule has 2 aromatic rings. The molecule has 1 spiro atoms. The molecule has 2 fully saturated rings. The first kappa shape index (κ1) is 20.5. The van der Waals surface area contributed by atoms with Gasteiger partial charge in [0, 0.05) is 17.5 Å². The number of amides is 4. The van der Waals surface area contributed by atoms with Gasteiger partial charge in [-0.3, -0.25) is 14.5 Å². The summed E-state index contributed by atoms with van der Waals surface area (Å²) in [6.07, 6.45) is 5.51. The quantitative estimate of drug-likeness (QED) is 0.712. The zero-order chi connectivity index (χ0) is 21.3.